The van der Waals surface area contributed by atoms with Gasteiger partial charge in [-0.2, -0.15) is 0 Å². The maximum absolute atomic E-state index is 12.2. The monoisotopic (exact) mass is 242 g/mol. The van der Waals surface area contributed by atoms with E-state index in [1.165, 1.54) is 4.90 Å². The van der Waals surface area contributed by atoms with Gasteiger partial charge < -0.3 is 15.7 Å². The Balaban J connectivity index is 2.67. The molecule has 2 atom stereocenters. The molecule has 0 radical (unpaired) electrons. The van der Waals surface area contributed by atoms with Crippen LogP contribution < -0.4 is 5.73 Å². The average molecular weight is 242 g/mol. The average Bonchev–Trinajstić information content (AvgIpc) is 2.61. The lowest BCUT2D eigenvalue weighted by Crippen LogP contribution is -2.45. The van der Waals surface area contributed by atoms with E-state index in [4.69, 9.17) is 10.8 Å². The molecule has 0 aromatic rings. The van der Waals surface area contributed by atoms with E-state index in [-0.39, 0.29) is 30.3 Å². The molecule has 1 rings (SSSR count). The molecule has 3 N–H and O–H groups in total. The van der Waals surface area contributed by atoms with Crippen LogP contribution in [0, 0.1) is 11.8 Å². The van der Waals surface area contributed by atoms with Gasteiger partial charge in [0.1, 0.15) is 6.54 Å². The normalized spacial score (nSPS) is 24.0. The highest BCUT2D eigenvalue weighted by molar-refractivity contribution is 5.83. The molecule has 1 aliphatic rings. The minimum absolute atomic E-state index is 0.0916. The molecule has 0 spiro atoms. The summed E-state index contributed by atoms with van der Waals surface area (Å²) in [5.41, 5.74) is 5.88. The highest BCUT2D eigenvalue weighted by Crippen LogP contribution is 2.26. The van der Waals surface area contributed by atoms with Gasteiger partial charge in [-0.3, -0.25) is 9.59 Å². The van der Waals surface area contributed by atoms with Crippen molar-refractivity contribution in [3.05, 3.63) is 0 Å². The fourth-order valence-electron chi connectivity index (χ4n) is 2.37. The lowest BCUT2D eigenvalue weighted by Gasteiger charge is -2.27. The van der Waals surface area contributed by atoms with Crippen LogP contribution in [0.2, 0.25) is 0 Å². The minimum Gasteiger partial charge on any atom is -0.480 e. The van der Waals surface area contributed by atoms with Crippen molar-refractivity contribution in [2.24, 2.45) is 17.6 Å². The van der Waals surface area contributed by atoms with E-state index in [0.29, 0.717) is 6.54 Å². The first-order chi connectivity index (χ1) is 7.91. The van der Waals surface area contributed by atoms with Crippen molar-refractivity contribution in [2.75, 3.05) is 13.1 Å². The molecule has 5 heteroatoms. The third-order valence-corrected chi connectivity index (χ3v) is 3.11. The Morgan fingerprint density at radius 3 is 2.47 bits per heavy atom. The lowest BCUT2D eigenvalue weighted by molar-refractivity contribution is -0.146. The molecule has 0 heterocycles. The molecule has 17 heavy (non-hydrogen) atoms. The second-order valence-electron chi connectivity index (χ2n) is 5.21. The Kier molecular flexibility index (Phi) is 4.93. The molecular weight excluding hydrogens is 220 g/mol. The standard InChI is InChI=1S/C12H22N2O3/c1-8(2)6-14(7-11(15)16)12(17)9-4-3-5-10(9)13/h8-10H,3-7,13H2,1-2H3,(H,15,16). The number of carboxylic acid groups (broad SMARTS) is 1. The van der Waals surface area contributed by atoms with Crippen molar-refractivity contribution >= 4 is 11.9 Å². The SMILES string of the molecule is CC(C)CN(CC(=O)O)C(=O)C1CCCC1N. The summed E-state index contributed by atoms with van der Waals surface area (Å²) in [7, 11) is 0. The zero-order chi connectivity index (χ0) is 13.0. The predicted octanol–water partition coefficient (Wildman–Crippen LogP) is 0.683. The van der Waals surface area contributed by atoms with Gasteiger partial charge >= 0.3 is 5.97 Å². The molecule has 5 nitrogen and oxygen atoms in total. The van der Waals surface area contributed by atoms with E-state index in [1.54, 1.807) is 0 Å². The quantitative estimate of drug-likeness (QED) is 0.742. The highest BCUT2D eigenvalue weighted by Gasteiger charge is 2.34. The van der Waals surface area contributed by atoms with Gasteiger partial charge in [0.2, 0.25) is 5.91 Å². The fraction of sp³-hybridized carbons (Fsp3) is 0.833. The summed E-state index contributed by atoms with van der Waals surface area (Å²) >= 11 is 0. The van der Waals surface area contributed by atoms with Crippen LogP contribution in [0.1, 0.15) is 33.1 Å². The van der Waals surface area contributed by atoms with Gasteiger partial charge in [0.05, 0.1) is 5.92 Å². The zero-order valence-corrected chi connectivity index (χ0v) is 10.6. The van der Waals surface area contributed by atoms with E-state index < -0.39 is 5.97 Å². The Morgan fingerprint density at radius 1 is 1.41 bits per heavy atom. The third-order valence-electron chi connectivity index (χ3n) is 3.11. The summed E-state index contributed by atoms with van der Waals surface area (Å²) in [5.74, 6) is -0.985. The minimum atomic E-state index is -0.967. The number of nitrogens with zero attached hydrogens (tertiary/aromatic N) is 1. The zero-order valence-electron chi connectivity index (χ0n) is 10.6. The van der Waals surface area contributed by atoms with Crippen LogP contribution in [0.15, 0.2) is 0 Å². The van der Waals surface area contributed by atoms with E-state index >= 15 is 0 Å². The number of amides is 1. The first kappa shape index (κ1) is 14.0. The summed E-state index contributed by atoms with van der Waals surface area (Å²) in [4.78, 5) is 24.4. The third kappa shape index (κ3) is 4.00. The molecule has 0 aliphatic heterocycles. The number of carboxylic acids is 1. The Bertz CT molecular complexity index is 291. The maximum atomic E-state index is 12.2. The van der Waals surface area contributed by atoms with E-state index in [9.17, 15) is 9.59 Å². The molecule has 0 bridgehead atoms. The van der Waals surface area contributed by atoms with Gasteiger partial charge in [-0.05, 0) is 18.8 Å². The number of carbonyl (C=O) groups is 2. The molecule has 2 unspecified atom stereocenters. The summed E-state index contributed by atoms with van der Waals surface area (Å²) in [5, 5.41) is 8.83. The molecule has 1 fully saturated rings. The summed E-state index contributed by atoms with van der Waals surface area (Å²) in [6.07, 6.45) is 2.60. The smallest absolute Gasteiger partial charge is 0.323 e. The summed E-state index contributed by atoms with van der Waals surface area (Å²) < 4.78 is 0. The van der Waals surface area contributed by atoms with Crippen molar-refractivity contribution < 1.29 is 14.7 Å². The van der Waals surface area contributed by atoms with Crippen molar-refractivity contribution in [1.29, 1.82) is 0 Å². The van der Waals surface area contributed by atoms with Crippen molar-refractivity contribution in [3.8, 4) is 0 Å². The van der Waals surface area contributed by atoms with Crippen LogP contribution >= 0.6 is 0 Å². The van der Waals surface area contributed by atoms with Crippen molar-refractivity contribution in [2.45, 2.75) is 39.2 Å². The number of nitrogens with two attached hydrogens (primary N) is 1. The summed E-state index contributed by atoms with van der Waals surface area (Å²) in [6, 6.07) is -0.106. The number of carbonyl (C=O) groups excluding carboxylic acids is 1. The first-order valence-corrected chi connectivity index (χ1v) is 6.18. The largest absolute Gasteiger partial charge is 0.480 e. The van der Waals surface area contributed by atoms with Gasteiger partial charge in [0.25, 0.3) is 0 Å². The molecule has 1 aliphatic carbocycles. The fourth-order valence-corrected chi connectivity index (χ4v) is 2.37. The number of aliphatic carboxylic acids is 1. The van der Waals surface area contributed by atoms with Crippen LogP contribution in [-0.4, -0.2) is 41.0 Å². The first-order valence-electron chi connectivity index (χ1n) is 6.18. The van der Waals surface area contributed by atoms with Crippen molar-refractivity contribution in [1.82, 2.24) is 4.90 Å². The molecule has 1 amide bonds. The molecular formula is C12H22N2O3. The Morgan fingerprint density at radius 2 is 2.06 bits per heavy atom. The van der Waals surface area contributed by atoms with Crippen LogP contribution in [0.25, 0.3) is 0 Å². The maximum Gasteiger partial charge on any atom is 0.323 e. The van der Waals surface area contributed by atoms with Gasteiger partial charge in [-0.25, -0.2) is 0 Å². The van der Waals surface area contributed by atoms with E-state index in [2.05, 4.69) is 0 Å². The second-order valence-corrected chi connectivity index (χ2v) is 5.21. The Hall–Kier alpha value is -1.10. The molecule has 0 aromatic heterocycles. The molecule has 1 saturated carbocycles. The van der Waals surface area contributed by atoms with Crippen LogP contribution in [0.3, 0.4) is 0 Å². The van der Waals surface area contributed by atoms with Crippen LogP contribution in [-0.2, 0) is 9.59 Å². The van der Waals surface area contributed by atoms with Crippen LogP contribution in [0.5, 0.6) is 0 Å². The van der Waals surface area contributed by atoms with Gasteiger partial charge in [0.15, 0.2) is 0 Å². The van der Waals surface area contributed by atoms with Gasteiger partial charge in [-0.15, -0.1) is 0 Å². The number of hydrogen-bond donors (Lipinski definition) is 2. The molecule has 0 aromatic carbocycles. The summed E-state index contributed by atoms with van der Waals surface area (Å²) in [6.45, 7) is 4.20. The van der Waals surface area contributed by atoms with Crippen molar-refractivity contribution in [3.63, 3.8) is 0 Å². The predicted molar refractivity (Wildman–Crippen MR) is 64.4 cm³/mol. The van der Waals surface area contributed by atoms with E-state index in [0.717, 1.165) is 19.3 Å². The van der Waals surface area contributed by atoms with Gasteiger partial charge in [-0.1, -0.05) is 20.3 Å². The highest BCUT2D eigenvalue weighted by atomic mass is 16.4. The second kappa shape index (κ2) is 6.00. The molecule has 98 valence electrons. The number of rotatable bonds is 5. The van der Waals surface area contributed by atoms with Gasteiger partial charge in [0, 0.05) is 12.6 Å². The topological polar surface area (TPSA) is 83.6 Å². The Labute approximate surface area is 102 Å². The lowest BCUT2D eigenvalue weighted by atomic mass is 10.0. The molecule has 0 saturated heterocycles. The van der Waals surface area contributed by atoms with Crippen LogP contribution in [0.4, 0.5) is 0 Å². The number of hydrogen-bond acceptors (Lipinski definition) is 3. The van der Waals surface area contributed by atoms with E-state index in [1.807, 2.05) is 13.8 Å².